The van der Waals surface area contributed by atoms with Gasteiger partial charge >= 0.3 is 0 Å². The highest BCUT2D eigenvalue weighted by Crippen LogP contribution is 2.17. The molecule has 1 heterocycles. The van der Waals surface area contributed by atoms with Gasteiger partial charge in [-0.3, -0.25) is 0 Å². The summed E-state index contributed by atoms with van der Waals surface area (Å²) in [5.41, 5.74) is 0. The van der Waals surface area contributed by atoms with Gasteiger partial charge in [0.05, 0.1) is 6.61 Å². The van der Waals surface area contributed by atoms with Gasteiger partial charge in [-0.25, -0.2) is 4.39 Å². The van der Waals surface area contributed by atoms with Crippen LogP contribution in [0.2, 0.25) is 0 Å². The SMILES string of the molecule is CC(NCCCOc1ccc(F)cc1)c1cccs1. The molecular formula is C15H18FNOS. The molecule has 0 amide bonds. The molecule has 0 radical (unpaired) electrons. The molecule has 0 spiro atoms. The van der Waals surface area contributed by atoms with E-state index in [1.165, 1.54) is 17.0 Å². The molecule has 102 valence electrons. The van der Waals surface area contributed by atoms with Crippen molar-refractivity contribution in [3.05, 3.63) is 52.5 Å². The van der Waals surface area contributed by atoms with Crippen LogP contribution in [0.1, 0.15) is 24.3 Å². The minimum Gasteiger partial charge on any atom is -0.494 e. The van der Waals surface area contributed by atoms with Gasteiger partial charge in [0, 0.05) is 10.9 Å². The average molecular weight is 279 g/mol. The molecule has 1 aromatic carbocycles. The molecule has 0 aliphatic carbocycles. The minimum atomic E-state index is -0.237. The lowest BCUT2D eigenvalue weighted by Gasteiger charge is -2.12. The van der Waals surface area contributed by atoms with Gasteiger partial charge in [-0.1, -0.05) is 6.07 Å². The predicted molar refractivity (Wildman–Crippen MR) is 77.2 cm³/mol. The molecule has 2 rings (SSSR count). The number of nitrogens with one attached hydrogen (secondary N) is 1. The van der Waals surface area contributed by atoms with Gasteiger partial charge in [-0.05, 0) is 55.6 Å². The van der Waals surface area contributed by atoms with E-state index < -0.39 is 0 Å². The molecule has 1 unspecified atom stereocenters. The van der Waals surface area contributed by atoms with Crippen LogP contribution in [0.5, 0.6) is 5.75 Å². The van der Waals surface area contributed by atoms with E-state index in [1.54, 1.807) is 23.5 Å². The fraction of sp³-hybridized carbons (Fsp3) is 0.333. The van der Waals surface area contributed by atoms with Crippen LogP contribution in [0.25, 0.3) is 0 Å². The zero-order chi connectivity index (χ0) is 13.5. The Morgan fingerprint density at radius 2 is 2.05 bits per heavy atom. The van der Waals surface area contributed by atoms with Crippen molar-refractivity contribution >= 4 is 11.3 Å². The summed E-state index contributed by atoms with van der Waals surface area (Å²) in [6.45, 7) is 3.70. The fourth-order valence-corrected chi connectivity index (χ4v) is 2.51. The first-order chi connectivity index (χ1) is 9.25. The molecule has 2 aromatic rings. The van der Waals surface area contributed by atoms with E-state index >= 15 is 0 Å². The molecule has 0 saturated carbocycles. The van der Waals surface area contributed by atoms with Crippen molar-refractivity contribution in [1.29, 1.82) is 0 Å². The molecule has 1 atom stereocenters. The van der Waals surface area contributed by atoms with Crippen molar-refractivity contribution in [3.8, 4) is 5.75 Å². The van der Waals surface area contributed by atoms with Crippen molar-refractivity contribution in [2.24, 2.45) is 0 Å². The molecule has 19 heavy (non-hydrogen) atoms. The van der Waals surface area contributed by atoms with Crippen LogP contribution in [0.4, 0.5) is 4.39 Å². The smallest absolute Gasteiger partial charge is 0.123 e. The third kappa shape index (κ3) is 4.65. The van der Waals surface area contributed by atoms with E-state index in [2.05, 4.69) is 29.8 Å². The number of rotatable bonds is 7. The molecule has 0 aliphatic heterocycles. The molecule has 2 nitrogen and oxygen atoms in total. The van der Waals surface area contributed by atoms with E-state index in [4.69, 9.17) is 4.74 Å². The van der Waals surface area contributed by atoms with Gasteiger partial charge < -0.3 is 10.1 Å². The van der Waals surface area contributed by atoms with Crippen LogP contribution < -0.4 is 10.1 Å². The number of ether oxygens (including phenoxy) is 1. The summed E-state index contributed by atoms with van der Waals surface area (Å²) in [6, 6.07) is 10.7. The van der Waals surface area contributed by atoms with Gasteiger partial charge in [-0.15, -0.1) is 11.3 Å². The van der Waals surface area contributed by atoms with Crippen molar-refractivity contribution in [2.45, 2.75) is 19.4 Å². The maximum Gasteiger partial charge on any atom is 0.123 e. The summed E-state index contributed by atoms with van der Waals surface area (Å²) in [5.74, 6) is 0.478. The number of hydrogen-bond acceptors (Lipinski definition) is 3. The Morgan fingerprint density at radius 3 is 2.74 bits per heavy atom. The first-order valence-corrected chi connectivity index (χ1v) is 7.29. The highest BCUT2D eigenvalue weighted by Gasteiger charge is 2.04. The molecule has 4 heteroatoms. The first-order valence-electron chi connectivity index (χ1n) is 6.41. The van der Waals surface area contributed by atoms with Crippen LogP contribution in [0.15, 0.2) is 41.8 Å². The summed E-state index contributed by atoms with van der Waals surface area (Å²) in [4.78, 5) is 1.35. The van der Waals surface area contributed by atoms with Crippen LogP contribution in [-0.2, 0) is 0 Å². The van der Waals surface area contributed by atoms with Crippen molar-refractivity contribution < 1.29 is 9.13 Å². The van der Waals surface area contributed by atoms with Crippen LogP contribution in [-0.4, -0.2) is 13.2 Å². The van der Waals surface area contributed by atoms with Crippen molar-refractivity contribution in [3.63, 3.8) is 0 Å². The van der Waals surface area contributed by atoms with Gasteiger partial charge in [0.2, 0.25) is 0 Å². The fourth-order valence-electron chi connectivity index (χ4n) is 1.75. The lowest BCUT2D eigenvalue weighted by Crippen LogP contribution is -2.20. The second kappa shape index (κ2) is 7.26. The topological polar surface area (TPSA) is 21.3 Å². The molecule has 0 saturated heterocycles. The second-order valence-electron chi connectivity index (χ2n) is 4.35. The average Bonchev–Trinajstić information content (AvgIpc) is 2.94. The van der Waals surface area contributed by atoms with Gasteiger partial charge in [0.25, 0.3) is 0 Å². The third-order valence-electron chi connectivity index (χ3n) is 2.82. The van der Waals surface area contributed by atoms with Crippen molar-refractivity contribution in [2.75, 3.05) is 13.2 Å². The largest absolute Gasteiger partial charge is 0.494 e. The van der Waals surface area contributed by atoms with E-state index in [1.807, 2.05) is 0 Å². The monoisotopic (exact) mass is 279 g/mol. The quantitative estimate of drug-likeness (QED) is 0.773. The number of hydrogen-bond donors (Lipinski definition) is 1. The summed E-state index contributed by atoms with van der Waals surface area (Å²) in [5, 5.41) is 5.54. The van der Waals surface area contributed by atoms with E-state index in [0.717, 1.165) is 13.0 Å². The lowest BCUT2D eigenvalue weighted by molar-refractivity contribution is 0.305. The Bertz CT molecular complexity index is 469. The highest BCUT2D eigenvalue weighted by molar-refractivity contribution is 7.10. The Morgan fingerprint density at radius 1 is 1.26 bits per heavy atom. The highest BCUT2D eigenvalue weighted by atomic mass is 32.1. The van der Waals surface area contributed by atoms with Gasteiger partial charge in [-0.2, -0.15) is 0 Å². The van der Waals surface area contributed by atoms with E-state index in [-0.39, 0.29) is 5.82 Å². The molecule has 1 N–H and O–H groups in total. The summed E-state index contributed by atoms with van der Waals surface area (Å²) >= 11 is 1.76. The Balaban J connectivity index is 1.61. The van der Waals surface area contributed by atoms with Crippen LogP contribution in [0, 0.1) is 5.82 Å². The maximum absolute atomic E-state index is 12.7. The zero-order valence-electron chi connectivity index (χ0n) is 10.9. The third-order valence-corrected chi connectivity index (χ3v) is 3.88. The summed E-state index contributed by atoms with van der Waals surface area (Å²) in [6.07, 6.45) is 0.924. The maximum atomic E-state index is 12.7. The standard InChI is InChI=1S/C15H18FNOS/c1-12(15-4-2-11-19-15)17-9-3-10-18-14-7-5-13(16)6-8-14/h2,4-8,11-12,17H,3,9-10H2,1H3. The van der Waals surface area contributed by atoms with Crippen LogP contribution in [0.3, 0.4) is 0 Å². The summed E-state index contributed by atoms with van der Waals surface area (Å²) in [7, 11) is 0. The molecular weight excluding hydrogens is 261 g/mol. The first kappa shape index (κ1) is 14.0. The van der Waals surface area contributed by atoms with Crippen molar-refractivity contribution in [1.82, 2.24) is 5.32 Å². The molecule has 0 bridgehead atoms. The zero-order valence-corrected chi connectivity index (χ0v) is 11.8. The molecule has 0 aliphatic rings. The van der Waals surface area contributed by atoms with E-state index in [9.17, 15) is 4.39 Å². The van der Waals surface area contributed by atoms with Crippen LogP contribution >= 0.6 is 11.3 Å². The lowest BCUT2D eigenvalue weighted by atomic mass is 10.2. The number of thiophene rings is 1. The Kier molecular flexibility index (Phi) is 5.36. The van der Waals surface area contributed by atoms with Gasteiger partial charge in [0.15, 0.2) is 0 Å². The summed E-state index contributed by atoms with van der Waals surface area (Å²) < 4.78 is 18.2. The predicted octanol–water partition coefficient (Wildman–Crippen LogP) is 4.01. The number of halogens is 1. The van der Waals surface area contributed by atoms with Gasteiger partial charge in [0.1, 0.15) is 11.6 Å². The Hall–Kier alpha value is -1.39. The normalized spacial score (nSPS) is 12.3. The molecule has 0 fully saturated rings. The Labute approximate surface area is 117 Å². The minimum absolute atomic E-state index is 0.237. The van der Waals surface area contributed by atoms with E-state index in [0.29, 0.717) is 18.4 Å². The number of benzene rings is 1. The second-order valence-corrected chi connectivity index (χ2v) is 5.33. The molecule has 1 aromatic heterocycles.